The number of esters is 1. The molecule has 0 aliphatic carbocycles. The van der Waals surface area contributed by atoms with Gasteiger partial charge in [-0.3, -0.25) is 4.79 Å². The lowest BCUT2D eigenvalue weighted by molar-refractivity contribution is -0.149. The van der Waals surface area contributed by atoms with Crippen LogP contribution in [-0.2, 0) is 9.53 Å². The van der Waals surface area contributed by atoms with Crippen LogP contribution in [0.15, 0.2) is 42.5 Å². The number of carbonyl (C=O) groups is 1. The van der Waals surface area contributed by atoms with Crippen LogP contribution in [0, 0.1) is 5.92 Å². The molecule has 1 aromatic carbocycles. The van der Waals surface area contributed by atoms with Crippen LogP contribution in [0.4, 0.5) is 0 Å². The van der Waals surface area contributed by atoms with Gasteiger partial charge >= 0.3 is 5.97 Å². The van der Waals surface area contributed by atoms with Gasteiger partial charge in [-0.1, -0.05) is 42.5 Å². The number of rotatable bonds is 6. The zero-order valence-electron chi connectivity index (χ0n) is 10.3. The Kier molecular flexibility index (Phi) is 6.11. The first-order chi connectivity index (χ1) is 8.70. The standard InChI is InChI=1S/C14H18O4/c1-2-18-14(17)12(9-6-10-15)13(16)11-7-4-3-5-8-11/h3-9,12-13,15-16H,2,10H2,1H3/b9-6+/t12-,13-/m1/s1. The third-order valence-corrected chi connectivity index (χ3v) is 2.49. The molecule has 0 aliphatic heterocycles. The van der Waals surface area contributed by atoms with Gasteiger partial charge in [-0.15, -0.1) is 0 Å². The van der Waals surface area contributed by atoms with E-state index in [-0.39, 0.29) is 13.2 Å². The van der Waals surface area contributed by atoms with Crippen LogP contribution in [0.1, 0.15) is 18.6 Å². The monoisotopic (exact) mass is 250 g/mol. The van der Waals surface area contributed by atoms with Crippen LogP contribution in [0.3, 0.4) is 0 Å². The second kappa shape index (κ2) is 7.63. The van der Waals surface area contributed by atoms with Gasteiger partial charge in [-0.25, -0.2) is 0 Å². The molecule has 0 heterocycles. The van der Waals surface area contributed by atoms with Crippen molar-refractivity contribution in [3.05, 3.63) is 48.0 Å². The summed E-state index contributed by atoms with van der Waals surface area (Å²) in [6, 6.07) is 8.89. The minimum atomic E-state index is -0.979. The molecule has 0 saturated heterocycles. The minimum Gasteiger partial charge on any atom is -0.465 e. The van der Waals surface area contributed by atoms with Crippen LogP contribution in [0.25, 0.3) is 0 Å². The predicted molar refractivity (Wildman–Crippen MR) is 67.8 cm³/mol. The Morgan fingerprint density at radius 3 is 2.61 bits per heavy atom. The molecule has 0 bridgehead atoms. The molecule has 0 aliphatic rings. The topological polar surface area (TPSA) is 66.8 Å². The molecule has 0 aromatic heterocycles. The van der Waals surface area contributed by atoms with E-state index in [1.54, 1.807) is 31.2 Å². The summed E-state index contributed by atoms with van der Waals surface area (Å²) >= 11 is 0. The van der Waals surface area contributed by atoms with E-state index in [1.165, 1.54) is 12.2 Å². The lowest BCUT2D eigenvalue weighted by Gasteiger charge is -2.18. The van der Waals surface area contributed by atoms with Gasteiger partial charge in [0.1, 0.15) is 5.92 Å². The average molecular weight is 250 g/mol. The molecular weight excluding hydrogens is 232 g/mol. The van der Waals surface area contributed by atoms with E-state index < -0.39 is 18.0 Å². The van der Waals surface area contributed by atoms with Crippen molar-refractivity contribution >= 4 is 5.97 Å². The Balaban J connectivity index is 2.88. The Bertz CT molecular complexity index is 386. The molecular formula is C14H18O4. The van der Waals surface area contributed by atoms with Gasteiger partial charge in [-0.05, 0) is 12.5 Å². The summed E-state index contributed by atoms with van der Waals surface area (Å²) in [6.07, 6.45) is 1.91. The quantitative estimate of drug-likeness (QED) is 0.592. The molecule has 18 heavy (non-hydrogen) atoms. The zero-order chi connectivity index (χ0) is 13.4. The summed E-state index contributed by atoms with van der Waals surface area (Å²) in [5.41, 5.74) is 0.637. The van der Waals surface area contributed by atoms with Crippen molar-refractivity contribution in [3.8, 4) is 0 Å². The van der Waals surface area contributed by atoms with Crippen LogP contribution in [0.5, 0.6) is 0 Å². The Morgan fingerprint density at radius 1 is 1.39 bits per heavy atom. The fourth-order valence-electron chi connectivity index (χ4n) is 1.62. The zero-order valence-corrected chi connectivity index (χ0v) is 10.3. The van der Waals surface area contributed by atoms with E-state index in [2.05, 4.69) is 0 Å². The third-order valence-electron chi connectivity index (χ3n) is 2.49. The highest BCUT2D eigenvalue weighted by Crippen LogP contribution is 2.24. The van der Waals surface area contributed by atoms with Crippen LogP contribution >= 0.6 is 0 Å². The molecule has 0 saturated carbocycles. The fraction of sp³-hybridized carbons (Fsp3) is 0.357. The molecule has 4 nitrogen and oxygen atoms in total. The second-order valence-corrected chi connectivity index (χ2v) is 3.74. The van der Waals surface area contributed by atoms with Crippen molar-refractivity contribution in [2.75, 3.05) is 13.2 Å². The Morgan fingerprint density at radius 2 is 2.06 bits per heavy atom. The van der Waals surface area contributed by atoms with Crippen LogP contribution in [-0.4, -0.2) is 29.4 Å². The number of benzene rings is 1. The predicted octanol–water partition coefficient (Wildman–Crippen LogP) is 1.45. The molecule has 0 fully saturated rings. The van der Waals surface area contributed by atoms with Crippen molar-refractivity contribution in [2.24, 2.45) is 5.92 Å². The SMILES string of the molecule is CCOC(=O)[C@H](/C=C/CO)[C@H](O)c1ccccc1. The maximum Gasteiger partial charge on any atom is 0.315 e. The van der Waals surface area contributed by atoms with Crippen molar-refractivity contribution in [3.63, 3.8) is 0 Å². The van der Waals surface area contributed by atoms with Crippen molar-refractivity contribution in [1.82, 2.24) is 0 Å². The molecule has 0 radical (unpaired) electrons. The number of aliphatic hydroxyl groups is 2. The average Bonchev–Trinajstić information content (AvgIpc) is 2.40. The molecule has 2 atom stereocenters. The van der Waals surface area contributed by atoms with Crippen molar-refractivity contribution in [2.45, 2.75) is 13.0 Å². The highest BCUT2D eigenvalue weighted by atomic mass is 16.5. The minimum absolute atomic E-state index is 0.183. The van der Waals surface area contributed by atoms with Crippen LogP contribution in [0.2, 0.25) is 0 Å². The summed E-state index contributed by atoms with van der Waals surface area (Å²) < 4.78 is 4.91. The maximum absolute atomic E-state index is 11.7. The van der Waals surface area contributed by atoms with E-state index in [1.807, 2.05) is 6.07 Å². The van der Waals surface area contributed by atoms with Gasteiger partial charge in [0.05, 0.1) is 19.3 Å². The fourth-order valence-corrected chi connectivity index (χ4v) is 1.62. The van der Waals surface area contributed by atoms with Gasteiger partial charge in [0.15, 0.2) is 0 Å². The summed E-state index contributed by atoms with van der Waals surface area (Å²) in [6.45, 7) is 1.78. The molecule has 0 spiro atoms. The third kappa shape index (κ3) is 3.98. The van der Waals surface area contributed by atoms with Crippen molar-refractivity contribution in [1.29, 1.82) is 0 Å². The van der Waals surface area contributed by atoms with Crippen molar-refractivity contribution < 1.29 is 19.7 Å². The Hall–Kier alpha value is -1.65. The lowest BCUT2D eigenvalue weighted by Crippen LogP contribution is -2.23. The molecule has 4 heteroatoms. The van der Waals surface area contributed by atoms with Gasteiger partial charge in [0.2, 0.25) is 0 Å². The van der Waals surface area contributed by atoms with Gasteiger partial charge in [0, 0.05) is 0 Å². The number of aliphatic hydroxyl groups excluding tert-OH is 2. The second-order valence-electron chi connectivity index (χ2n) is 3.74. The highest BCUT2D eigenvalue weighted by molar-refractivity contribution is 5.75. The largest absolute Gasteiger partial charge is 0.465 e. The van der Waals surface area contributed by atoms with Crippen LogP contribution < -0.4 is 0 Å². The molecule has 98 valence electrons. The number of carbonyl (C=O) groups excluding carboxylic acids is 1. The first kappa shape index (κ1) is 14.4. The Labute approximate surface area is 107 Å². The highest BCUT2D eigenvalue weighted by Gasteiger charge is 2.26. The summed E-state index contributed by atoms with van der Waals surface area (Å²) in [4.78, 5) is 11.7. The first-order valence-electron chi connectivity index (χ1n) is 5.87. The molecule has 1 aromatic rings. The van der Waals surface area contributed by atoms with E-state index in [4.69, 9.17) is 9.84 Å². The van der Waals surface area contributed by atoms with Gasteiger partial charge in [0.25, 0.3) is 0 Å². The summed E-state index contributed by atoms with van der Waals surface area (Å²) in [5, 5.41) is 18.9. The van der Waals surface area contributed by atoms with E-state index in [0.717, 1.165) is 0 Å². The first-order valence-corrected chi connectivity index (χ1v) is 5.87. The molecule has 0 unspecified atom stereocenters. The maximum atomic E-state index is 11.7. The van der Waals surface area contributed by atoms with E-state index in [9.17, 15) is 9.90 Å². The summed E-state index contributed by atoms with van der Waals surface area (Å²) in [5.74, 6) is -1.31. The molecule has 2 N–H and O–H groups in total. The smallest absolute Gasteiger partial charge is 0.315 e. The molecule has 1 rings (SSSR count). The van der Waals surface area contributed by atoms with Gasteiger partial charge < -0.3 is 14.9 Å². The van der Waals surface area contributed by atoms with E-state index >= 15 is 0 Å². The van der Waals surface area contributed by atoms with Gasteiger partial charge in [-0.2, -0.15) is 0 Å². The number of ether oxygens (including phenoxy) is 1. The molecule has 0 amide bonds. The number of hydrogen-bond donors (Lipinski definition) is 2. The van der Waals surface area contributed by atoms with E-state index in [0.29, 0.717) is 5.56 Å². The summed E-state index contributed by atoms with van der Waals surface area (Å²) in [7, 11) is 0. The number of hydrogen-bond acceptors (Lipinski definition) is 4. The lowest BCUT2D eigenvalue weighted by atomic mass is 9.95. The normalized spacial score (nSPS) is 14.4.